The minimum atomic E-state index is -0.814. The molecule has 0 aromatic heterocycles. The summed E-state index contributed by atoms with van der Waals surface area (Å²) < 4.78 is 5.36. The van der Waals surface area contributed by atoms with Crippen molar-refractivity contribution in [2.75, 3.05) is 6.61 Å². The summed E-state index contributed by atoms with van der Waals surface area (Å²) >= 11 is 0. The third kappa shape index (κ3) is 7.80. The molecule has 0 amide bonds. The van der Waals surface area contributed by atoms with E-state index in [2.05, 4.69) is 27.7 Å². The number of hydrogen-bond donors (Lipinski definition) is 0. The lowest BCUT2D eigenvalue weighted by molar-refractivity contribution is -0.157. The van der Waals surface area contributed by atoms with Gasteiger partial charge in [-0.25, -0.2) is 5.11 Å². The predicted octanol–water partition coefficient (Wildman–Crippen LogP) is 4.02. The van der Waals surface area contributed by atoms with Crippen LogP contribution in [0, 0.1) is 11.8 Å². The average Bonchev–Trinajstić information content (AvgIpc) is 2.23. The summed E-state index contributed by atoms with van der Waals surface area (Å²) in [4.78, 5) is 0. The quantitative estimate of drug-likeness (QED) is 0.534. The van der Waals surface area contributed by atoms with E-state index in [0.717, 1.165) is 12.8 Å². The van der Waals surface area contributed by atoms with Crippen LogP contribution >= 0.6 is 0 Å². The Kier molecular flexibility index (Phi) is 9.12. The van der Waals surface area contributed by atoms with Gasteiger partial charge in [-0.05, 0) is 18.3 Å². The van der Waals surface area contributed by atoms with E-state index in [1.807, 2.05) is 0 Å². The topological polar surface area (TPSA) is 29.1 Å². The Bertz CT molecular complexity index is 136. The molecule has 1 radical (unpaired) electrons. The molecule has 3 unspecified atom stereocenters. The highest BCUT2D eigenvalue weighted by molar-refractivity contribution is 4.57. The smallest absolute Gasteiger partial charge is 0.191 e. The molecule has 0 aromatic rings. The largest absolute Gasteiger partial charge is 0.349 e. The highest BCUT2D eigenvalue weighted by atomic mass is 16.6. The van der Waals surface area contributed by atoms with E-state index in [0.29, 0.717) is 24.9 Å². The Morgan fingerprint density at radius 1 is 1.13 bits per heavy atom. The molecule has 2 nitrogen and oxygen atoms in total. The van der Waals surface area contributed by atoms with E-state index < -0.39 is 6.29 Å². The van der Waals surface area contributed by atoms with Crippen LogP contribution in [0.15, 0.2) is 0 Å². The summed E-state index contributed by atoms with van der Waals surface area (Å²) in [6.45, 7) is 9.21. The van der Waals surface area contributed by atoms with Gasteiger partial charge in [0.2, 0.25) is 0 Å². The lowest BCUT2D eigenvalue weighted by Gasteiger charge is -2.18. The van der Waals surface area contributed by atoms with Gasteiger partial charge in [0.15, 0.2) is 6.29 Å². The Morgan fingerprint density at radius 3 is 2.27 bits per heavy atom. The van der Waals surface area contributed by atoms with Crippen LogP contribution in [0.2, 0.25) is 0 Å². The molecule has 0 aliphatic heterocycles. The van der Waals surface area contributed by atoms with E-state index in [1.165, 1.54) is 12.8 Å². The molecule has 3 atom stereocenters. The van der Waals surface area contributed by atoms with E-state index in [-0.39, 0.29) is 0 Å². The van der Waals surface area contributed by atoms with Crippen LogP contribution in [0.25, 0.3) is 0 Å². The van der Waals surface area contributed by atoms with Crippen molar-refractivity contribution in [3.05, 3.63) is 0 Å². The molecule has 0 aliphatic carbocycles. The first-order valence-corrected chi connectivity index (χ1v) is 6.41. The zero-order chi connectivity index (χ0) is 11.7. The molecule has 0 aliphatic rings. The van der Waals surface area contributed by atoms with Gasteiger partial charge >= 0.3 is 0 Å². The summed E-state index contributed by atoms with van der Waals surface area (Å²) in [6.07, 6.45) is 4.37. The molecule has 0 saturated heterocycles. The van der Waals surface area contributed by atoms with Crippen molar-refractivity contribution < 1.29 is 9.84 Å². The summed E-state index contributed by atoms with van der Waals surface area (Å²) in [7, 11) is 0. The van der Waals surface area contributed by atoms with Crippen molar-refractivity contribution in [3.8, 4) is 0 Å². The Balaban J connectivity index is 3.62. The van der Waals surface area contributed by atoms with Crippen LogP contribution in [0.3, 0.4) is 0 Å². The van der Waals surface area contributed by atoms with Crippen LogP contribution < -0.4 is 0 Å². The third-order valence-electron chi connectivity index (χ3n) is 3.08. The number of rotatable bonds is 9. The van der Waals surface area contributed by atoms with Crippen molar-refractivity contribution in [3.63, 3.8) is 0 Å². The molecule has 0 aromatic carbocycles. The molecular weight excluding hydrogens is 188 g/mol. The number of hydrogen-bond acceptors (Lipinski definition) is 1. The van der Waals surface area contributed by atoms with E-state index in [4.69, 9.17) is 4.74 Å². The second-order valence-electron chi connectivity index (χ2n) is 4.57. The van der Waals surface area contributed by atoms with Crippen molar-refractivity contribution in [1.29, 1.82) is 0 Å². The van der Waals surface area contributed by atoms with E-state index in [9.17, 15) is 5.11 Å². The van der Waals surface area contributed by atoms with Crippen LogP contribution in [0.4, 0.5) is 0 Å². The summed E-state index contributed by atoms with van der Waals surface area (Å²) in [6, 6.07) is 0. The molecule has 15 heavy (non-hydrogen) atoms. The molecule has 0 rings (SSSR count). The lowest BCUT2D eigenvalue weighted by Crippen LogP contribution is -2.19. The van der Waals surface area contributed by atoms with Gasteiger partial charge in [-0.15, -0.1) is 0 Å². The summed E-state index contributed by atoms with van der Waals surface area (Å²) in [5, 5.41) is 11.5. The SMILES string of the molecule is CCCC(CC)COC([O])CC(C)CC. The maximum Gasteiger partial charge on any atom is 0.191 e. The molecule has 0 saturated carbocycles. The molecule has 0 spiro atoms. The monoisotopic (exact) mass is 215 g/mol. The minimum Gasteiger partial charge on any atom is -0.349 e. The van der Waals surface area contributed by atoms with Crippen LogP contribution in [0.5, 0.6) is 0 Å². The molecule has 0 fully saturated rings. The van der Waals surface area contributed by atoms with Gasteiger partial charge in [0.05, 0.1) is 6.61 Å². The lowest BCUT2D eigenvalue weighted by atomic mass is 10.0. The molecule has 91 valence electrons. The van der Waals surface area contributed by atoms with Gasteiger partial charge < -0.3 is 4.74 Å². The highest BCUT2D eigenvalue weighted by Gasteiger charge is 2.13. The molecule has 0 bridgehead atoms. The maximum absolute atomic E-state index is 11.5. The fourth-order valence-corrected chi connectivity index (χ4v) is 1.62. The Labute approximate surface area is 95.0 Å². The number of ether oxygens (including phenoxy) is 1. The molecule has 2 heteroatoms. The zero-order valence-corrected chi connectivity index (χ0v) is 10.8. The normalized spacial score (nSPS) is 17.4. The van der Waals surface area contributed by atoms with E-state index in [1.54, 1.807) is 0 Å². The van der Waals surface area contributed by atoms with Crippen LogP contribution in [-0.4, -0.2) is 12.9 Å². The first-order chi connectivity index (χ1) is 7.13. The highest BCUT2D eigenvalue weighted by Crippen LogP contribution is 2.15. The third-order valence-corrected chi connectivity index (χ3v) is 3.08. The van der Waals surface area contributed by atoms with Crippen molar-refractivity contribution >= 4 is 0 Å². The van der Waals surface area contributed by atoms with Crippen molar-refractivity contribution in [2.24, 2.45) is 11.8 Å². The second-order valence-corrected chi connectivity index (χ2v) is 4.57. The van der Waals surface area contributed by atoms with Gasteiger partial charge in [-0.1, -0.05) is 47.0 Å². The molecule has 0 heterocycles. The fraction of sp³-hybridized carbons (Fsp3) is 1.00. The van der Waals surface area contributed by atoms with Crippen LogP contribution in [-0.2, 0) is 9.84 Å². The van der Waals surface area contributed by atoms with Crippen LogP contribution in [0.1, 0.15) is 59.8 Å². The first-order valence-electron chi connectivity index (χ1n) is 6.41. The van der Waals surface area contributed by atoms with Gasteiger partial charge in [0.1, 0.15) is 0 Å². The van der Waals surface area contributed by atoms with Crippen molar-refractivity contribution in [1.82, 2.24) is 0 Å². The Hall–Kier alpha value is -0.0800. The standard InChI is InChI=1S/C13H27O2/c1-5-8-12(7-3)10-15-13(14)9-11(4)6-2/h11-13H,5-10H2,1-4H3. The van der Waals surface area contributed by atoms with Crippen molar-refractivity contribution in [2.45, 2.75) is 66.1 Å². The molecular formula is C13H27O2. The maximum atomic E-state index is 11.5. The minimum absolute atomic E-state index is 0.485. The second kappa shape index (κ2) is 9.17. The van der Waals surface area contributed by atoms with Gasteiger partial charge in [0.25, 0.3) is 0 Å². The van der Waals surface area contributed by atoms with Gasteiger partial charge in [-0.3, -0.25) is 0 Å². The Morgan fingerprint density at radius 2 is 1.80 bits per heavy atom. The fourth-order valence-electron chi connectivity index (χ4n) is 1.62. The zero-order valence-electron chi connectivity index (χ0n) is 10.8. The summed E-state index contributed by atoms with van der Waals surface area (Å²) in [5.74, 6) is 1.06. The average molecular weight is 215 g/mol. The predicted molar refractivity (Wildman–Crippen MR) is 63.2 cm³/mol. The van der Waals surface area contributed by atoms with E-state index >= 15 is 0 Å². The van der Waals surface area contributed by atoms with Gasteiger partial charge in [-0.2, -0.15) is 0 Å². The first kappa shape index (κ1) is 14.9. The van der Waals surface area contributed by atoms with Gasteiger partial charge in [0, 0.05) is 6.42 Å². The summed E-state index contributed by atoms with van der Waals surface area (Å²) in [5.41, 5.74) is 0. The molecule has 0 N–H and O–H groups in total.